The molecule has 3 aromatic heterocycles. The van der Waals surface area contributed by atoms with E-state index in [1.807, 2.05) is 71.1 Å². The van der Waals surface area contributed by atoms with E-state index in [9.17, 15) is 9.59 Å². The maximum Gasteiger partial charge on any atom is 0.270 e. The van der Waals surface area contributed by atoms with Crippen LogP contribution >= 0.6 is 0 Å². The van der Waals surface area contributed by atoms with Gasteiger partial charge in [-0.15, -0.1) is 0 Å². The van der Waals surface area contributed by atoms with Gasteiger partial charge in [-0.05, 0) is 31.2 Å². The van der Waals surface area contributed by atoms with E-state index in [4.69, 9.17) is 0 Å². The zero-order chi connectivity index (χ0) is 22.1. The Morgan fingerprint density at radius 3 is 2.78 bits per heavy atom. The SMILES string of the molecule is C[C@@H]1c2nc(CC(=O)NCc3ccccn3)cn2CCN1C(=O)c1cc2ccccc2[nH]1. The summed E-state index contributed by atoms with van der Waals surface area (Å²) in [5.41, 5.74) is 3.03. The number of carbonyl (C=O) groups is 2. The van der Waals surface area contributed by atoms with E-state index in [1.54, 1.807) is 6.20 Å². The Morgan fingerprint density at radius 1 is 1.12 bits per heavy atom. The number of imidazole rings is 1. The molecule has 32 heavy (non-hydrogen) atoms. The highest BCUT2D eigenvalue weighted by Crippen LogP contribution is 2.27. The van der Waals surface area contributed by atoms with Crippen LogP contribution in [-0.2, 0) is 24.3 Å². The first-order valence-corrected chi connectivity index (χ1v) is 10.7. The van der Waals surface area contributed by atoms with E-state index >= 15 is 0 Å². The number of pyridine rings is 1. The fourth-order valence-corrected chi connectivity index (χ4v) is 4.17. The van der Waals surface area contributed by atoms with E-state index in [2.05, 4.69) is 20.3 Å². The molecule has 1 atom stereocenters. The summed E-state index contributed by atoms with van der Waals surface area (Å²) in [5, 5.41) is 3.90. The summed E-state index contributed by atoms with van der Waals surface area (Å²) in [5.74, 6) is 0.649. The van der Waals surface area contributed by atoms with Gasteiger partial charge in [0.05, 0.1) is 30.4 Å². The fraction of sp³-hybridized carbons (Fsp3) is 0.250. The molecule has 1 aromatic carbocycles. The molecule has 2 N–H and O–H groups in total. The van der Waals surface area contributed by atoms with Gasteiger partial charge in [-0.25, -0.2) is 4.98 Å². The molecule has 1 aliphatic heterocycles. The quantitative estimate of drug-likeness (QED) is 0.511. The van der Waals surface area contributed by atoms with Gasteiger partial charge in [0.2, 0.25) is 5.91 Å². The molecule has 0 saturated carbocycles. The lowest BCUT2D eigenvalue weighted by atomic mass is 10.2. The second-order valence-electron chi connectivity index (χ2n) is 8.00. The van der Waals surface area contributed by atoms with Crippen LogP contribution in [0.4, 0.5) is 0 Å². The van der Waals surface area contributed by atoms with Gasteiger partial charge in [-0.3, -0.25) is 14.6 Å². The van der Waals surface area contributed by atoms with E-state index in [0.29, 0.717) is 31.0 Å². The molecule has 5 rings (SSSR count). The van der Waals surface area contributed by atoms with Crippen LogP contribution in [0.3, 0.4) is 0 Å². The highest BCUT2D eigenvalue weighted by atomic mass is 16.2. The monoisotopic (exact) mass is 428 g/mol. The predicted molar refractivity (Wildman–Crippen MR) is 120 cm³/mol. The number of carbonyl (C=O) groups excluding carboxylic acids is 2. The third-order valence-corrected chi connectivity index (χ3v) is 5.84. The van der Waals surface area contributed by atoms with Gasteiger partial charge in [0.1, 0.15) is 11.5 Å². The first kappa shape index (κ1) is 20.0. The smallest absolute Gasteiger partial charge is 0.270 e. The van der Waals surface area contributed by atoms with Crippen LogP contribution < -0.4 is 5.32 Å². The van der Waals surface area contributed by atoms with Gasteiger partial charge in [-0.2, -0.15) is 0 Å². The summed E-state index contributed by atoms with van der Waals surface area (Å²) in [6.07, 6.45) is 3.81. The molecule has 4 aromatic rings. The lowest BCUT2D eigenvalue weighted by Crippen LogP contribution is -2.41. The molecule has 1 aliphatic rings. The third-order valence-electron chi connectivity index (χ3n) is 5.84. The van der Waals surface area contributed by atoms with Crippen molar-refractivity contribution >= 4 is 22.7 Å². The molecule has 4 heterocycles. The Labute approximate surface area is 185 Å². The van der Waals surface area contributed by atoms with Crippen molar-refractivity contribution in [2.24, 2.45) is 0 Å². The Kier molecular flexibility index (Phi) is 5.18. The standard InChI is InChI=1S/C24H24N6O2/c1-16-23-27-19(13-22(31)26-14-18-7-4-5-9-25-18)15-29(23)10-11-30(16)24(32)21-12-17-6-2-3-8-20(17)28-21/h2-9,12,15-16,28H,10-11,13-14H2,1H3,(H,26,31)/t16-/m1/s1. The van der Waals surface area contributed by atoms with Crippen molar-refractivity contribution in [3.63, 3.8) is 0 Å². The number of aromatic nitrogens is 4. The largest absolute Gasteiger partial charge is 0.351 e. The second kappa shape index (κ2) is 8.30. The van der Waals surface area contributed by atoms with Crippen LogP contribution in [0.15, 0.2) is 60.9 Å². The second-order valence-corrected chi connectivity index (χ2v) is 8.00. The lowest BCUT2D eigenvalue weighted by Gasteiger charge is -2.33. The molecule has 8 nitrogen and oxygen atoms in total. The fourth-order valence-electron chi connectivity index (χ4n) is 4.17. The molecule has 0 spiro atoms. The van der Waals surface area contributed by atoms with Gasteiger partial charge in [0, 0.05) is 36.4 Å². The molecule has 8 heteroatoms. The Balaban J connectivity index is 1.26. The summed E-state index contributed by atoms with van der Waals surface area (Å²) in [7, 11) is 0. The average Bonchev–Trinajstić information content (AvgIpc) is 3.42. The molecule has 0 aliphatic carbocycles. The summed E-state index contributed by atoms with van der Waals surface area (Å²) in [4.78, 5) is 39.5. The van der Waals surface area contributed by atoms with E-state index < -0.39 is 0 Å². The Morgan fingerprint density at radius 2 is 1.97 bits per heavy atom. The van der Waals surface area contributed by atoms with Gasteiger partial charge in [-0.1, -0.05) is 24.3 Å². The van der Waals surface area contributed by atoms with Crippen molar-refractivity contribution in [1.82, 2.24) is 29.7 Å². The van der Waals surface area contributed by atoms with Gasteiger partial charge < -0.3 is 19.8 Å². The number of benzene rings is 1. The van der Waals surface area contributed by atoms with Crippen molar-refractivity contribution in [3.8, 4) is 0 Å². The normalized spacial score (nSPS) is 15.5. The Hall–Kier alpha value is -3.94. The highest BCUT2D eigenvalue weighted by molar-refractivity contribution is 5.98. The van der Waals surface area contributed by atoms with E-state index in [0.717, 1.165) is 22.4 Å². The summed E-state index contributed by atoms with van der Waals surface area (Å²) >= 11 is 0. The van der Waals surface area contributed by atoms with Crippen molar-refractivity contribution in [3.05, 3.63) is 83.8 Å². The zero-order valence-electron chi connectivity index (χ0n) is 17.8. The van der Waals surface area contributed by atoms with Gasteiger partial charge in [0.25, 0.3) is 5.91 Å². The molecular formula is C24H24N6O2. The minimum absolute atomic E-state index is 0.0439. The average molecular weight is 428 g/mol. The number of hydrogen-bond donors (Lipinski definition) is 2. The topological polar surface area (TPSA) is 95.9 Å². The molecule has 0 radical (unpaired) electrons. The molecule has 0 unspecified atom stereocenters. The van der Waals surface area contributed by atoms with Crippen molar-refractivity contribution < 1.29 is 9.59 Å². The first-order chi connectivity index (χ1) is 15.6. The molecule has 2 amide bonds. The molecular weight excluding hydrogens is 404 g/mol. The first-order valence-electron chi connectivity index (χ1n) is 10.7. The highest BCUT2D eigenvalue weighted by Gasteiger charge is 2.31. The van der Waals surface area contributed by atoms with E-state index in [-0.39, 0.29) is 24.3 Å². The molecule has 0 bridgehead atoms. The minimum Gasteiger partial charge on any atom is -0.351 e. The third kappa shape index (κ3) is 3.87. The molecule has 0 fully saturated rings. The van der Waals surface area contributed by atoms with Crippen LogP contribution in [0.5, 0.6) is 0 Å². The predicted octanol–water partition coefficient (Wildman–Crippen LogP) is 2.84. The van der Waals surface area contributed by atoms with Crippen molar-refractivity contribution in [2.75, 3.05) is 6.54 Å². The van der Waals surface area contributed by atoms with Crippen LogP contribution in [0.25, 0.3) is 10.9 Å². The van der Waals surface area contributed by atoms with Crippen LogP contribution in [0, 0.1) is 0 Å². The number of amides is 2. The summed E-state index contributed by atoms with van der Waals surface area (Å²) in [6.45, 7) is 3.60. The molecule has 162 valence electrons. The minimum atomic E-state index is -0.187. The number of rotatable bonds is 5. The number of aromatic amines is 1. The maximum atomic E-state index is 13.2. The zero-order valence-corrected chi connectivity index (χ0v) is 17.8. The van der Waals surface area contributed by atoms with Crippen molar-refractivity contribution in [2.45, 2.75) is 32.5 Å². The maximum absolute atomic E-state index is 13.2. The number of nitrogens with zero attached hydrogens (tertiary/aromatic N) is 4. The van der Waals surface area contributed by atoms with Gasteiger partial charge in [0.15, 0.2) is 0 Å². The lowest BCUT2D eigenvalue weighted by molar-refractivity contribution is -0.120. The van der Waals surface area contributed by atoms with Crippen LogP contribution in [-0.4, -0.2) is 42.8 Å². The number of hydrogen-bond acceptors (Lipinski definition) is 4. The summed E-state index contributed by atoms with van der Waals surface area (Å²) < 4.78 is 2.04. The number of para-hydroxylation sites is 1. The number of fused-ring (bicyclic) bond motifs is 2. The van der Waals surface area contributed by atoms with E-state index in [1.165, 1.54) is 0 Å². The Bertz CT molecular complexity index is 1240. The number of nitrogens with one attached hydrogen (secondary N) is 2. The summed E-state index contributed by atoms with van der Waals surface area (Å²) in [6, 6.07) is 15.2. The van der Waals surface area contributed by atoms with Gasteiger partial charge >= 0.3 is 0 Å². The van der Waals surface area contributed by atoms with Crippen LogP contribution in [0.2, 0.25) is 0 Å². The molecule has 0 saturated heterocycles. The van der Waals surface area contributed by atoms with Crippen LogP contribution in [0.1, 0.15) is 40.7 Å². The van der Waals surface area contributed by atoms with Crippen molar-refractivity contribution in [1.29, 1.82) is 0 Å². The number of H-pyrrole nitrogens is 1.